The fraction of sp³-hybridized carbons (Fsp3) is 0.333. The topological polar surface area (TPSA) is 114 Å². The molecule has 4 aromatic rings. The summed E-state index contributed by atoms with van der Waals surface area (Å²) in [4.78, 5) is 30.2. The third-order valence-electron chi connectivity index (χ3n) is 8.90. The Kier molecular flexibility index (Phi) is 12.5. The zero-order valence-corrected chi connectivity index (χ0v) is 29.9. The molecule has 5 rings (SSSR count). The molecule has 2 amide bonds. The zero-order valence-electron chi connectivity index (χ0n) is 29.1. The Morgan fingerprint density at radius 1 is 0.863 bits per heavy atom. The maximum absolute atomic E-state index is 14.7. The van der Waals surface area contributed by atoms with Crippen molar-refractivity contribution in [3.8, 4) is 17.2 Å². The Morgan fingerprint density at radius 2 is 1.53 bits per heavy atom. The number of nitrogens with zero attached hydrogens (tertiary/aromatic N) is 2. The number of amides is 2. The molecular formula is C39H44FN3O7S. The van der Waals surface area contributed by atoms with Crippen LogP contribution in [0.3, 0.4) is 0 Å². The van der Waals surface area contributed by atoms with Gasteiger partial charge in [-0.1, -0.05) is 55.3 Å². The van der Waals surface area contributed by atoms with Crippen molar-refractivity contribution in [2.75, 3.05) is 31.7 Å². The van der Waals surface area contributed by atoms with E-state index in [4.69, 9.17) is 14.2 Å². The Bertz CT molecular complexity index is 1870. The van der Waals surface area contributed by atoms with E-state index in [1.54, 1.807) is 36.4 Å². The lowest BCUT2D eigenvalue weighted by Gasteiger charge is -2.34. The van der Waals surface area contributed by atoms with E-state index in [2.05, 4.69) is 5.32 Å². The van der Waals surface area contributed by atoms with Crippen molar-refractivity contribution in [1.29, 1.82) is 0 Å². The molecule has 0 unspecified atom stereocenters. The third kappa shape index (κ3) is 9.37. The number of nitrogens with one attached hydrogen (secondary N) is 1. The fourth-order valence-electron chi connectivity index (χ4n) is 6.22. The summed E-state index contributed by atoms with van der Waals surface area (Å²) in [6.45, 7) is 1.54. The molecular weight excluding hydrogens is 674 g/mol. The number of hydrogen-bond acceptors (Lipinski definition) is 7. The van der Waals surface area contributed by atoms with Crippen LogP contribution in [-0.4, -0.2) is 64.6 Å². The summed E-state index contributed by atoms with van der Waals surface area (Å²) in [6, 6.07) is 24.6. The van der Waals surface area contributed by atoms with Crippen LogP contribution in [0.2, 0.25) is 0 Å². The predicted octanol–water partition coefficient (Wildman–Crippen LogP) is 6.14. The van der Waals surface area contributed by atoms with E-state index in [1.165, 1.54) is 49.5 Å². The highest BCUT2D eigenvalue weighted by Gasteiger charge is 2.36. The van der Waals surface area contributed by atoms with Crippen molar-refractivity contribution in [1.82, 2.24) is 10.2 Å². The van der Waals surface area contributed by atoms with Crippen LogP contribution in [0, 0.1) is 5.82 Å². The second kappa shape index (κ2) is 17.2. The molecule has 0 heterocycles. The molecule has 1 saturated carbocycles. The zero-order chi connectivity index (χ0) is 36.4. The first-order valence-corrected chi connectivity index (χ1v) is 18.4. The molecule has 0 aliphatic heterocycles. The molecule has 0 bridgehead atoms. The van der Waals surface area contributed by atoms with Gasteiger partial charge < -0.3 is 24.4 Å². The summed E-state index contributed by atoms with van der Waals surface area (Å²) in [7, 11) is -1.56. The average Bonchev–Trinajstić information content (AvgIpc) is 3.66. The quantitative estimate of drug-likeness (QED) is 0.148. The SMILES string of the molecule is CCOc1ccc(N(CC(=O)N(Cc2ccc(F)cc2)[C@@H](Cc2ccccc2)C(=O)NC2CCCC2)S(=O)(=O)c2ccc(OC)c(OC)c2)cc1. The Hall–Kier alpha value is -5.10. The highest BCUT2D eigenvalue weighted by atomic mass is 32.2. The van der Waals surface area contributed by atoms with Gasteiger partial charge >= 0.3 is 0 Å². The van der Waals surface area contributed by atoms with Crippen LogP contribution >= 0.6 is 0 Å². The molecule has 0 radical (unpaired) electrons. The first kappa shape index (κ1) is 37.2. The summed E-state index contributed by atoms with van der Waals surface area (Å²) >= 11 is 0. The van der Waals surface area contributed by atoms with Crippen LogP contribution in [-0.2, 0) is 32.6 Å². The third-order valence-corrected chi connectivity index (χ3v) is 10.7. The molecule has 1 N–H and O–H groups in total. The molecule has 10 nitrogen and oxygen atoms in total. The molecule has 51 heavy (non-hydrogen) atoms. The monoisotopic (exact) mass is 717 g/mol. The predicted molar refractivity (Wildman–Crippen MR) is 193 cm³/mol. The minimum absolute atomic E-state index is 0.0238. The number of carbonyl (C=O) groups is 2. The Labute approximate surface area is 299 Å². The normalized spacial score (nSPS) is 13.6. The molecule has 0 saturated heterocycles. The summed E-state index contributed by atoms with van der Waals surface area (Å²) in [5.74, 6) is -0.348. The molecule has 0 aromatic heterocycles. The molecule has 4 aromatic carbocycles. The van der Waals surface area contributed by atoms with Gasteiger partial charge in [-0.05, 0) is 79.4 Å². The van der Waals surface area contributed by atoms with Gasteiger partial charge in [0.05, 0.1) is 31.4 Å². The van der Waals surface area contributed by atoms with Gasteiger partial charge in [0, 0.05) is 25.1 Å². The fourth-order valence-corrected chi connectivity index (χ4v) is 7.65. The molecule has 12 heteroatoms. The maximum Gasteiger partial charge on any atom is 0.264 e. The highest BCUT2D eigenvalue weighted by Crippen LogP contribution is 2.33. The van der Waals surface area contributed by atoms with Gasteiger partial charge in [-0.2, -0.15) is 0 Å². The minimum Gasteiger partial charge on any atom is -0.494 e. The van der Waals surface area contributed by atoms with Gasteiger partial charge in [0.25, 0.3) is 10.0 Å². The number of ether oxygens (including phenoxy) is 3. The Morgan fingerprint density at radius 3 is 2.16 bits per heavy atom. The lowest BCUT2D eigenvalue weighted by molar-refractivity contribution is -0.140. The van der Waals surface area contributed by atoms with Gasteiger partial charge in [-0.15, -0.1) is 0 Å². The largest absolute Gasteiger partial charge is 0.494 e. The van der Waals surface area contributed by atoms with Crippen molar-refractivity contribution < 1.29 is 36.6 Å². The van der Waals surface area contributed by atoms with Crippen LogP contribution in [0.15, 0.2) is 102 Å². The van der Waals surface area contributed by atoms with Gasteiger partial charge in [-0.3, -0.25) is 13.9 Å². The van der Waals surface area contributed by atoms with Gasteiger partial charge in [0.15, 0.2) is 11.5 Å². The average molecular weight is 718 g/mol. The van der Waals surface area contributed by atoms with E-state index < -0.39 is 34.3 Å². The number of benzene rings is 4. The standard InChI is InChI=1S/C39H44FN3O7S/c1-4-50-33-20-18-32(19-21-33)43(51(46,47)34-22-23-36(48-2)37(25-34)49-3)27-38(44)42(26-29-14-16-30(40)17-15-29)35(24-28-10-6-5-7-11-28)39(45)41-31-12-8-9-13-31/h5-7,10-11,14-23,25,31,35H,4,8-9,12-13,24,26-27H2,1-3H3,(H,41,45)/t35-/m0/s1. The highest BCUT2D eigenvalue weighted by molar-refractivity contribution is 7.92. The second-order valence-electron chi connectivity index (χ2n) is 12.3. The Balaban J connectivity index is 1.58. The first-order chi connectivity index (χ1) is 24.6. The van der Waals surface area contributed by atoms with Crippen LogP contribution in [0.5, 0.6) is 17.2 Å². The minimum atomic E-state index is -4.41. The van der Waals surface area contributed by atoms with Crippen molar-refractivity contribution in [3.05, 3.63) is 114 Å². The molecule has 0 spiro atoms. The van der Waals surface area contributed by atoms with Crippen LogP contribution in [0.4, 0.5) is 10.1 Å². The second-order valence-corrected chi connectivity index (χ2v) is 14.2. The lowest BCUT2D eigenvalue weighted by Crippen LogP contribution is -2.54. The number of sulfonamides is 1. The van der Waals surface area contributed by atoms with E-state index in [9.17, 15) is 22.4 Å². The van der Waals surface area contributed by atoms with Gasteiger partial charge in [0.2, 0.25) is 11.8 Å². The number of methoxy groups -OCH3 is 2. The summed E-state index contributed by atoms with van der Waals surface area (Å²) in [5.41, 5.74) is 1.60. The molecule has 1 aliphatic rings. The molecule has 1 aliphatic carbocycles. The number of anilines is 1. The summed E-state index contributed by atoms with van der Waals surface area (Å²) < 4.78 is 60.3. The summed E-state index contributed by atoms with van der Waals surface area (Å²) in [6.07, 6.45) is 3.85. The van der Waals surface area contributed by atoms with E-state index in [-0.39, 0.29) is 41.2 Å². The van der Waals surface area contributed by atoms with E-state index in [0.717, 1.165) is 35.6 Å². The van der Waals surface area contributed by atoms with Gasteiger partial charge in [0.1, 0.15) is 24.2 Å². The van der Waals surface area contributed by atoms with Crippen molar-refractivity contribution >= 4 is 27.5 Å². The van der Waals surface area contributed by atoms with Crippen LogP contribution in [0.1, 0.15) is 43.7 Å². The smallest absolute Gasteiger partial charge is 0.264 e. The maximum atomic E-state index is 14.7. The van der Waals surface area contributed by atoms with E-state index in [1.807, 2.05) is 37.3 Å². The number of halogens is 1. The van der Waals surface area contributed by atoms with Crippen molar-refractivity contribution in [2.24, 2.45) is 0 Å². The number of hydrogen-bond donors (Lipinski definition) is 1. The van der Waals surface area contributed by atoms with E-state index >= 15 is 0 Å². The molecule has 1 fully saturated rings. The molecule has 270 valence electrons. The lowest BCUT2D eigenvalue weighted by atomic mass is 10.0. The van der Waals surface area contributed by atoms with Crippen LogP contribution in [0.25, 0.3) is 0 Å². The van der Waals surface area contributed by atoms with Crippen LogP contribution < -0.4 is 23.8 Å². The summed E-state index contributed by atoms with van der Waals surface area (Å²) in [5, 5.41) is 3.15. The number of rotatable bonds is 16. The molecule has 1 atom stereocenters. The van der Waals surface area contributed by atoms with E-state index in [0.29, 0.717) is 23.7 Å². The van der Waals surface area contributed by atoms with Crippen molar-refractivity contribution in [2.45, 2.75) is 62.6 Å². The van der Waals surface area contributed by atoms with Gasteiger partial charge in [-0.25, -0.2) is 12.8 Å². The number of carbonyl (C=O) groups excluding carboxylic acids is 2. The van der Waals surface area contributed by atoms with Crippen molar-refractivity contribution in [3.63, 3.8) is 0 Å². The first-order valence-electron chi connectivity index (χ1n) is 17.0.